The first-order chi connectivity index (χ1) is 8.19. The van der Waals surface area contributed by atoms with Gasteiger partial charge in [-0.15, -0.1) is 0 Å². The smallest absolute Gasteiger partial charge is 0.137 e. The SMILES string of the molecule is COc1cncc(C(NN)C2(C)CCCO2)c1. The highest BCUT2D eigenvalue weighted by molar-refractivity contribution is 5.28. The van der Waals surface area contributed by atoms with Crippen molar-refractivity contribution in [2.45, 2.75) is 31.4 Å². The van der Waals surface area contributed by atoms with Gasteiger partial charge in [0.2, 0.25) is 0 Å². The van der Waals surface area contributed by atoms with Crippen molar-refractivity contribution >= 4 is 0 Å². The molecule has 5 heteroatoms. The fraction of sp³-hybridized carbons (Fsp3) is 0.583. The molecule has 0 saturated carbocycles. The number of rotatable bonds is 4. The van der Waals surface area contributed by atoms with Gasteiger partial charge in [-0.05, 0) is 31.4 Å². The molecule has 2 unspecified atom stereocenters. The van der Waals surface area contributed by atoms with E-state index in [1.807, 2.05) is 6.07 Å². The van der Waals surface area contributed by atoms with Gasteiger partial charge in [0.15, 0.2) is 0 Å². The minimum atomic E-state index is -0.275. The average molecular weight is 237 g/mol. The first kappa shape index (κ1) is 12.3. The molecule has 0 bridgehead atoms. The lowest BCUT2D eigenvalue weighted by molar-refractivity contribution is -0.0126. The number of hydrogen-bond acceptors (Lipinski definition) is 5. The molecule has 2 atom stereocenters. The molecule has 1 aromatic rings. The van der Waals surface area contributed by atoms with Crippen LogP contribution in [0.15, 0.2) is 18.5 Å². The number of methoxy groups -OCH3 is 1. The summed E-state index contributed by atoms with van der Waals surface area (Å²) in [5, 5.41) is 0. The minimum Gasteiger partial charge on any atom is -0.495 e. The summed E-state index contributed by atoms with van der Waals surface area (Å²) >= 11 is 0. The lowest BCUT2D eigenvalue weighted by atomic mass is 9.89. The Bertz CT molecular complexity index is 378. The molecule has 0 aliphatic carbocycles. The molecule has 1 aromatic heterocycles. The largest absolute Gasteiger partial charge is 0.495 e. The molecule has 2 heterocycles. The van der Waals surface area contributed by atoms with Crippen molar-refractivity contribution in [1.29, 1.82) is 0 Å². The average Bonchev–Trinajstić information content (AvgIpc) is 2.78. The molecular weight excluding hydrogens is 218 g/mol. The van der Waals surface area contributed by atoms with Gasteiger partial charge in [0.25, 0.3) is 0 Å². The first-order valence-electron chi connectivity index (χ1n) is 5.78. The quantitative estimate of drug-likeness (QED) is 0.607. The summed E-state index contributed by atoms with van der Waals surface area (Å²) in [6.07, 6.45) is 5.51. The summed E-state index contributed by atoms with van der Waals surface area (Å²) in [6.45, 7) is 2.86. The zero-order valence-electron chi connectivity index (χ0n) is 10.3. The van der Waals surface area contributed by atoms with Gasteiger partial charge in [-0.1, -0.05) is 0 Å². The molecule has 5 nitrogen and oxygen atoms in total. The molecular formula is C12H19N3O2. The number of hydrazine groups is 1. The van der Waals surface area contributed by atoms with Gasteiger partial charge < -0.3 is 9.47 Å². The Hall–Kier alpha value is -1.17. The predicted molar refractivity (Wildman–Crippen MR) is 64.4 cm³/mol. The number of nitrogens with zero attached hydrogens (tertiary/aromatic N) is 1. The third-order valence-electron chi connectivity index (χ3n) is 3.33. The molecule has 2 rings (SSSR count). The van der Waals surface area contributed by atoms with E-state index in [0.29, 0.717) is 0 Å². The fourth-order valence-corrected chi connectivity index (χ4v) is 2.36. The van der Waals surface area contributed by atoms with Crippen molar-refractivity contribution in [2.24, 2.45) is 5.84 Å². The van der Waals surface area contributed by atoms with Gasteiger partial charge in [-0.25, -0.2) is 0 Å². The Morgan fingerprint density at radius 3 is 3.00 bits per heavy atom. The van der Waals surface area contributed by atoms with Crippen molar-refractivity contribution in [3.63, 3.8) is 0 Å². The van der Waals surface area contributed by atoms with Crippen LogP contribution < -0.4 is 16.0 Å². The number of hydrogen-bond donors (Lipinski definition) is 2. The Morgan fingerprint density at radius 2 is 2.41 bits per heavy atom. The van der Waals surface area contributed by atoms with Gasteiger partial charge in [0.05, 0.1) is 24.9 Å². The lowest BCUT2D eigenvalue weighted by Gasteiger charge is -2.33. The van der Waals surface area contributed by atoms with Crippen LogP contribution in [0.4, 0.5) is 0 Å². The zero-order chi connectivity index (χ0) is 12.3. The van der Waals surface area contributed by atoms with Crippen molar-refractivity contribution in [3.05, 3.63) is 24.0 Å². The van der Waals surface area contributed by atoms with Crippen LogP contribution in [0.3, 0.4) is 0 Å². The van der Waals surface area contributed by atoms with Crippen LogP contribution in [-0.4, -0.2) is 24.3 Å². The molecule has 0 radical (unpaired) electrons. The molecule has 17 heavy (non-hydrogen) atoms. The molecule has 94 valence electrons. The Morgan fingerprint density at radius 1 is 1.59 bits per heavy atom. The van der Waals surface area contributed by atoms with Crippen molar-refractivity contribution in [2.75, 3.05) is 13.7 Å². The highest BCUT2D eigenvalue weighted by atomic mass is 16.5. The molecule has 1 fully saturated rings. The third kappa shape index (κ3) is 2.41. The summed E-state index contributed by atoms with van der Waals surface area (Å²) < 4.78 is 11.0. The zero-order valence-corrected chi connectivity index (χ0v) is 10.3. The summed E-state index contributed by atoms with van der Waals surface area (Å²) in [4.78, 5) is 4.15. The Labute approximate surface area is 101 Å². The maximum absolute atomic E-state index is 5.81. The van der Waals surface area contributed by atoms with Crippen LogP contribution in [-0.2, 0) is 4.74 Å². The Balaban J connectivity index is 2.27. The maximum atomic E-state index is 5.81. The lowest BCUT2D eigenvalue weighted by Crippen LogP contribution is -2.44. The Kier molecular flexibility index (Phi) is 3.61. The molecule has 0 amide bonds. The van der Waals surface area contributed by atoms with E-state index in [2.05, 4.69) is 17.3 Å². The van der Waals surface area contributed by atoms with E-state index in [1.165, 1.54) is 0 Å². The number of ether oxygens (including phenoxy) is 2. The second kappa shape index (κ2) is 5.00. The molecule has 1 saturated heterocycles. The summed E-state index contributed by atoms with van der Waals surface area (Å²) in [5.41, 5.74) is 3.54. The van der Waals surface area contributed by atoms with Crippen molar-refractivity contribution in [1.82, 2.24) is 10.4 Å². The van der Waals surface area contributed by atoms with Gasteiger partial charge in [-0.2, -0.15) is 0 Å². The summed E-state index contributed by atoms with van der Waals surface area (Å²) in [7, 11) is 1.62. The van der Waals surface area contributed by atoms with Gasteiger partial charge in [0.1, 0.15) is 5.75 Å². The highest BCUT2D eigenvalue weighted by Crippen LogP contribution is 2.37. The maximum Gasteiger partial charge on any atom is 0.137 e. The molecule has 3 N–H and O–H groups in total. The number of nitrogens with two attached hydrogens (primary N) is 1. The van der Waals surface area contributed by atoms with E-state index >= 15 is 0 Å². The standard InChI is InChI=1S/C12H19N3O2/c1-12(4-3-5-17-12)11(15-13)9-6-10(16-2)8-14-7-9/h6-8,11,15H,3-5,13H2,1-2H3. The number of pyridine rings is 1. The van der Waals surface area contributed by atoms with E-state index in [-0.39, 0.29) is 11.6 Å². The van der Waals surface area contributed by atoms with Crippen LogP contribution in [0.2, 0.25) is 0 Å². The van der Waals surface area contributed by atoms with Crippen molar-refractivity contribution in [3.8, 4) is 5.75 Å². The summed E-state index contributed by atoms with van der Waals surface area (Å²) in [6, 6.07) is 1.86. The van der Waals surface area contributed by atoms with Gasteiger partial charge in [-0.3, -0.25) is 16.3 Å². The second-order valence-electron chi connectivity index (χ2n) is 4.52. The molecule has 1 aliphatic heterocycles. The van der Waals surface area contributed by atoms with Crippen molar-refractivity contribution < 1.29 is 9.47 Å². The monoisotopic (exact) mass is 237 g/mol. The molecule has 1 aliphatic rings. The van der Waals surface area contributed by atoms with Gasteiger partial charge >= 0.3 is 0 Å². The predicted octanol–water partition coefficient (Wildman–Crippen LogP) is 1.16. The topological polar surface area (TPSA) is 69.4 Å². The molecule has 0 spiro atoms. The van der Waals surface area contributed by atoms with E-state index < -0.39 is 0 Å². The number of aromatic nitrogens is 1. The first-order valence-corrected chi connectivity index (χ1v) is 5.78. The second-order valence-corrected chi connectivity index (χ2v) is 4.52. The fourth-order valence-electron chi connectivity index (χ4n) is 2.36. The third-order valence-corrected chi connectivity index (χ3v) is 3.33. The van der Waals surface area contributed by atoms with Crippen LogP contribution in [0.1, 0.15) is 31.4 Å². The van der Waals surface area contributed by atoms with Crippen LogP contribution in [0, 0.1) is 0 Å². The number of nitrogens with one attached hydrogen (secondary N) is 1. The summed E-state index contributed by atoms with van der Waals surface area (Å²) in [5.74, 6) is 6.39. The van der Waals surface area contributed by atoms with E-state index in [0.717, 1.165) is 30.8 Å². The van der Waals surface area contributed by atoms with E-state index in [4.69, 9.17) is 15.3 Å². The minimum absolute atomic E-state index is 0.0763. The van der Waals surface area contributed by atoms with Crippen LogP contribution in [0.25, 0.3) is 0 Å². The highest BCUT2D eigenvalue weighted by Gasteiger charge is 2.39. The van der Waals surface area contributed by atoms with Crippen LogP contribution >= 0.6 is 0 Å². The van der Waals surface area contributed by atoms with Crippen LogP contribution in [0.5, 0.6) is 5.75 Å². The molecule has 0 aromatic carbocycles. The van der Waals surface area contributed by atoms with Gasteiger partial charge in [0, 0.05) is 12.8 Å². The van der Waals surface area contributed by atoms with E-state index in [1.54, 1.807) is 19.5 Å². The normalized spacial score (nSPS) is 25.8. The van der Waals surface area contributed by atoms with E-state index in [9.17, 15) is 0 Å².